The Kier molecular flexibility index (Phi) is 6.11. The summed E-state index contributed by atoms with van der Waals surface area (Å²) in [5.41, 5.74) is 4.80. The average molecular weight is 344 g/mol. The molecule has 0 aliphatic heterocycles. The van der Waals surface area contributed by atoms with E-state index in [9.17, 15) is 18.0 Å². The van der Waals surface area contributed by atoms with Crippen LogP contribution < -0.4 is 11.1 Å². The largest absolute Gasteiger partial charge is 0.444 e. The minimum Gasteiger partial charge on any atom is -0.444 e. The van der Waals surface area contributed by atoms with Crippen molar-refractivity contribution >= 4 is 22.2 Å². The van der Waals surface area contributed by atoms with Gasteiger partial charge in [-0.1, -0.05) is 18.2 Å². The first-order chi connectivity index (χ1) is 10.5. The first-order valence-electron chi connectivity index (χ1n) is 6.77. The van der Waals surface area contributed by atoms with Crippen molar-refractivity contribution < 1.29 is 26.9 Å². The third-order valence-electron chi connectivity index (χ3n) is 2.39. The summed E-state index contributed by atoms with van der Waals surface area (Å²) in [5.74, 6) is -1.18. The molecule has 0 spiro atoms. The fourth-order valence-corrected chi connectivity index (χ4v) is 2.32. The summed E-state index contributed by atoms with van der Waals surface area (Å²) in [5, 5.41) is 2.26. The summed E-state index contributed by atoms with van der Waals surface area (Å²) < 4.78 is 33.1. The van der Waals surface area contributed by atoms with Crippen LogP contribution in [0, 0.1) is 0 Å². The van der Waals surface area contributed by atoms with Gasteiger partial charge in [-0.3, -0.25) is 0 Å². The second kappa shape index (κ2) is 7.42. The molecular weight excluding hydrogens is 324 g/mol. The predicted molar refractivity (Wildman–Crippen MR) is 81.9 cm³/mol. The lowest BCUT2D eigenvalue weighted by Gasteiger charge is -2.20. The molecule has 1 aromatic rings. The molecule has 128 valence electrons. The van der Waals surface area contributed by atoms with Gasteiger partial charge in [0.15, 0.2) is 0 Å². The van der Waals surface area contributed by atoms with Crippen LogP contribution in [-0.4, -0.2) is 38.7 Å². The molecule has 0 bridgehead atoms. The number of amides is 1. The quantitative estimate of drug-likeness (QED) is 0.756. The smallest absolute Gasteiger partial charge is 0.407 e. The Balaban J connectivity index is 2.56. The number of carbonyl (C=O) groups is 2. The lowest BCUT2D eigenvalue weighted by atomic mass is 10.2. The highest BCUT2D eigenvalue weighted by atomic mass is 32.2. The van der Waals surface area contributed by atoms with Gasteiger partial charge in [-0.15, -0.1) is 0 Å². The molecular formula is C14H20N2O6S. The normalized spacial score (nSPS) is 13.0. The Hall–Kier alpha value is -2.13. The molecule has 0 radical (unpaired) electrons. The van der Waals surface area contributed by atoms with E-state index >= 15 is 0 Å². The number of hydrogen-bond donors (Lipinski definition) is 2. The van der Waals surface area contributed by atoms with Gasteiger partial charge >= 0.3 is 22.2 Å². The van der Waals surface area contributed by atoms with Gasteiger partial charge < -0.3 is 20.0 Å². The van der Waals surface area contributed by atoms with Gasteiger partial charge in [0.1, 0.15) is 16.5 Å². The van der Waals surface area contributed by atoms with Crippen molar-refractivity contribution in [2.45, 2.75) is 37.3 Å². The number of ether oxygens (including phenoxy) is 1. The van der Waals surface area contributed by atoms with Gasteiger partial charge in [0, 0.05) is 6.54 Å². The Morgan fingerprint density at radius 3 is 2.30 bits per heavy atom. The molecule has 0 aliphatic rings. The summed E-state index contributed by atoms with van der Waals surface area (Å²) in [6.07, 6.45) is -0.772. The van der Waals surface area contributed by atoms with Gasteiger partial charge in [-0.2, -0.15) is 8.42 Å². The third kappa shape index (κ3) is 6.66. The number of rotatable bonds is 5. The van der Waals surface area contributed by atoms with E-state index in [1.165, 1.54) is 24.3 Å². The zero-order valence-corrected chi connectivity index (χ0v) is 13.9. The van der Waals surface area contributed by atoms with E-state index in [-0.39, 0.29) is 11.4 Å². The number of benzene rings is 1. The monoisotopic (exact) mass is 344 g/mol. The topological polar surface area (TPSA) is 125 Å². The van der Waals surface area contributed by atoms with Crippen LogP contribution >= 0.6 is 0 Å². The Labute approximate surface area is 135 Å². The maximum absolute atomic E-state index is 11.9. The molecule has 1 amide bonds. The molecule has 0 heterocycles. The van der Waals surface area contributed by atoms with E-state index in [1.807, 2.05) is 0 Å². The first-order valence-corrected chi connectivity index (χ1v) is 8.18. The molecule has 9 heteroatoms. The highest BCUT2D eigenvalue weighted by Gasteiger charge is 2.25. The molecule has 0 saturated heterocycles. The van der Waals surface area contributed by atoms with E-state index in [0.29, 0.717) is 0 Å². The maximum atomic E-state index is 11.9. The molecule has 0 aliphatic carbocycles. The first kappa shape index (κ1) is 18.9. The van der Waals surface area contributed by atoms with E-state index in [0.717, 1.165) is 0 Å². The van der Waals surface area contributed by atoms with E-state index in [4.69, 9.17) is 10.5 Å². The van der Waals surface area contributed by atoms with E-state index in [2.05, 4.69) is 9.50 Å². The van der Waals surface area contributed by atoms with Gasteiger partial charge in [-0.05, 0) is 32.9 Å². The van der Waals surface area contributed by atoms with E-state index in [1.54, 1.807) is 26.8 Å². The van der Waals surface area contributed by atoms with Crippen molar-refractivity contribution in [1.82, 2.24) is 5.32 Å². The summed E-state index contributed by atoms with van der Waals surface area (Å²) in [6, 6.07) is 5.83. The molecule has 0 fully saturated rings. The number of alkyl carbamates (subject to hydrolysis) is 1. The van der Waals surface area contributed by atoms with Crippen molar-refractivity contribution in [2.75, 3.05) is 6.54 Å². The fraction of sp³-hybridized carbons (Fsp3) is 0.429. The molecule has 1 atom stereocenters. The van der Waals surface area contributed by atoms with Gasteiger partial charge in [0.05, 0.1) is 0 Å². The second-order valence-electron chi connectivity index (χ2n) is 5.66. The Bertz CT molecular complexity index is 652. The van der Waals surface area contributed by atoms with Crippen LogP contribution in [0.15, 0.2) is 35.2 Å². The Morgan fingerprint density at radius 1 is 1.22 bits per heavy atom. The van der Waals surface area contributed by atoms with Crippen LogP contribution in [-0.2, 0) is 23.8 Å². The molecule has 8 nitrogen and oxygen atoms in total. The Morgan fingerprint density at radius 2 is 1.78 bits per heavy atom. The molecule has 1 aromatic carbocycles. The summed E-state index contributed by atoms with van der Waals surface area (Å²) in [6.45, 7) is 4.70. The molecule has 0 unspecified atom stereocenters. The number of nitrogens with one attached hydrogen (secondary N) is 1. The average Bonchev–Trinajstić information content (AvgIpc) is 2.43. The van der Waals surface area contributed by atoms with Crippen molar-refractivity contribution in [3.8, 4) is 0 Å². The zero-order valence-electron chi connectivity index (χ0n) is 13.1. The van der Waals surface area contributed by atoms with Crippen molar-refractivity contribution in [3.63, 3.8) is 0 Å². The molecule has 23 heavy (non-hydrogen) atoms. The highest BCUT2D eigenvalue weighted by Crippen LogP contribution is 2.12. The summed E-state index contributed by atoms with van der Waals surface area (Å²) in [4.78, 5) is 23.0. The van der Waals surface area contributed by atoms with Crippen LogP contribution in [0.5, 0.6) is 0 Å². The molecule has 0 aromatic heterocycles. The van der Waals surface area contributed by atoms with Crippen LogP contribution in [0.4, 0.5) is 4.79 Å². The van der Waals surface area contributed by atoms with Gasteiger partial charge in [-0.25, -0.2) is 9.59 Å². The van der Waals surface area contributed by atoms with Crippen LogP contribution in [0.3, 0.4) is 0 Å². The van der Waals surface area contributed by atoms with Crippen molar-refractivity contribution in [2.24, 2.45) is 5.73 Å². The summed E-state index contributed by atoms with van der Waals surface area (Å²) in [7, 11) is -4.25. The number of nitrogens with two attached hydrogens (primary N) is 1. The lowest BCUT2D eigenvalue weighted by molar-refractivity contribution is -0.135. The van der Waals surface area contributed by atoms with Crippen LogP contribution in [0.2, 0.25) is 0 Å². The SMILES string of the molecule is CC(C)(C)OC(=O)NC[C@H](N)C(=O)OS(=O)(=O)c1ccccc1. The molecule has 3 N–H and O–H groups in total. The maximum Gasteiger partial charge on any atom is 0.407 e. The zero-order chi connectivity index (χ0) is 17.7. The standard InChI is InChI=1S/C14H20N2O6S/c1-14(2,3)21-13(18)16-9-11(15)12(17)22-23(19,20)10-7-5-4-6-8-10/h4-8,11H,9,15H2,1-3H3,(H,16,18)/t11-/m0/s1. The van der Waals surface area contributed by atoms with Gasteiger partial charge in [0.25, 0.3) is 0 Å². The minimum atomic E-state index is -4.25. The minimum absolute atomic E-state index is 0.166. The molecule has 0 saturated carbocycles. The van der Waals surface area contributed by atoms with Crippen LogP contribution in [0.1, 0.15) is 20.8 Å². The fourth-order valence-electron chi connectivity index (χ4n) is 1.40. The molecule has 1 rings (SSSR count). The lowest BCUT2D eigenvalue weighted by Crippen LogP contribution is -2.45. The summed E-state index contributed by atoms with van der Waals surface area (Å²) >= 11 is 0. The highest BCUT2D eigenvalue weighted by molar-refractivity contribution is 7.87. The van der Waals surface area contributed by atoms with Gasteiger partial charge in [0.2, 0.25) is 0 Å². The van der Waals surface area contributed by atoms with Crippen molar-refractivity contribution in [3.05, 3.63) is 30.3 Å². The van der Waals surface area contributed by atoms with Crippen LogP contribution in [0.25, 0.3) is 0 Å². The second-order valence-corrected chi connectivity index (χ2v) is 7.21. The van der Waals surface area contributed by atoms with E-state index < -0.39 is 33.8 Å². The third-order valence-corrected chi connectivity index (χ3v) is 3.62. The van der Waals surface area contributed by atoms with Crippen molar-refractivity contribution in [1.29, 1.82) is 0 Å². The number of hydrogen-bond acceptors (Lipinski definition) is 7. The number of carbonyl (C=O) groups excluding carboxylic acids is 2. The predicted octanol–water partition coefficient (Wildman–Crippen LogP) is 0.771.